The number of anilines is 1. The van der Waals surface area contributed by atoms with Crippen molar-refractivity contribution in [2.45, 2.75) is 26.4 Å². The molecule has 0 bridgehead atoms. The fourth-order valence-electron chi connectivity index (χ4n) is 3.12. The van der Waals surface area contributed by atoms with Crippen LogP contribution in [0.2, 0.25) is 0 Å². The predicted octanol–water partition coefficient (Wildman–Crippen LogP) is 3.53. The minimum absolute atomic E-state index is 0.0150. The molecule has 0 aliphatic carbocycles. The van der Waals surface area contributed by atoms with E-state index in [0.717, 1.165) is 17.5 Å². The van der Waals surface area contributed by atoms with E-state index in [1.165, 1.54) is 0 Å². The van der Waals surface area contributed by atoms with Gasteiger partial charge in [0.1, 0.15) is 0 Å². The molecule has 28 heavy (non-hydrogen) atoms. The molecule has 0 N–H and O–H groups in total. The van der Waals surface area contributed by atoms with Crippen LogP contribution in [0.15, 0.2) is 53.1 Å². The number of aryl methyl sites for hydroxylation is 1. The Bertz CT molecular complexity index is 1010. The molecule has 1 fully saturated rings. The van der Waals surface area contributed by atoms with Crippen LogP contribution in [0.5, 0.6) is 0 Å². The van der Waals surface area contributed by atoms with Gasteiger partial charge in [-0.25, -0.2) is 4.79 Å². The number of hydrogen-bond acceptors (Lipinski definition) is 6. The number of esters is 1. The minimum atomic E-state index is -0.531. The fourth-order valence-corrected chi connectivity index (χ4v) is 3.12. The molecule has 1 aliphatic heterocycles. The Morgan fingerprint density at radius 1 is 1.18 bits per heavy atom. The van der Waals surface area contributed by atoms with Gasteiger partial charge in [0.2, 0.25) is 11.7 Å². The van der Waals surface area contributed by atoms with Gasteiger partial charge in [0.15, 0.2) is 6.61 Å². The SMILES string of the molecule is Cc1ccc(-c2nc(COC(=O)c3ccccc3N3CCCC3=O)no2)cc1. The highest BCUT2D eigenvalue weighted by Gasteiger charge is 2.26. The van der Waals surface area contributed by atoms with Gasteiger partial charge in [0.05, 0.1) is 11.3 Å². The van der Waals surface area contributed by atoms with E-state index in [4.69, 9.17) is 9.26 Å². The molecule has 142 valence electrons. The van der Waals surface area contributed by atoms with E-state index in [2.05, 4.69) is 10.1 Å². The minimum Gasteiger partial charge on any atom is -0.454 e. The van der Waals surface area contributed by atoms with Crippen molar-refractivity contribution in [3.8, 4) is 11.5 Å². The molecule has 0 spiro atoms. The number of para-hydroxylation sites is 1. The predicted molar refractivity (Wildman–Crippen MR) is 102 cm³/mol. The van der Waals surface area contributed by atoms with Crippen molar-refractivity contribution in [2.24, 2.45) is 0 Å². The number of nitrogens with zero attached hydrogens (tertiary/aromatic N) is 3. The molecule has 0 radical (unpaired) electrons. The monoisotopic (exact) mass is 377 g/mol. The summed E-state index contributed by atoms with van der Waals surface area (Å²) in [5.41, 5.74) is 2.85. The van der Waals surface area contributed by atoms with E-state index in [-0.39, 0.29) is 18.3 Å². The zero-order chi connectivity index (χ0) is 19.5. The number of amides is 1. The first kappa shape index (κ1) is 17.9. The molecule has 7 nitrogen and oxygen atoms in total. The summed E-state index contributed by atoms with van der Waals surface area (Å²) >= 11 is 0. The number of aromatic nitrogens is 2. The molecule has 2 heterocycles. The molecule has 1 saturated heterocycles. The highest BCUT2D eigenvalue weighted by Crippen LogP contribution is 2.26. The van der Waals surface area contributed by atoms with Gasteiger partial charge < -0.3 is 14.2 Å². The first-order chi connectivity index (χ1) is 13.6. The molecule has 2 aromatic carbocycles. The first-order valence-electron chi connectivity index (χ1n) is 9.08. The highest BCUT2D eigenvalue weighted by atomic mass is 16.5. The van der Waals surface area contributed by atoms with Crippen LogP contribution < -0.4 is 4.90 Å². The molecule has 0 atom stereocenters. The van der Waals surface area contributed by atoms with Crippen LogP contribution >= 0.6 is 0 Å². The summed E-state index contributed by atoms with van der Waals surface area (Å²) in [6.45, 7) is 2.49. The van der Waals surface area contributed by atoms with Gasteiger partial charge in [-0.2, -0.15) is 4.98 Å². The first-order valence-corrected chi connectivity index (χ1v) is 9.08. The van der Waals surface area contributed by atoms with Gasteiger partial charge in [-0.05, 0) is 37.6 Å². The van der Waals surface area contributed by atoms with Crippen molar-refractivity contribution >= 4 is 17.6 Å². The van der Waals surface area contributed by atoms with E-state index < -0.39 is 5.97 Å². The number of ether oxygens (including phenoxy) is 1. The van der Waals surface area contributed by atoms with Crippen molar-refractivity contribution in [3.05, 3.63) is 65.5 Å². The second-order valence-corrected chi connectivity index (χ2v) is 6.62. The molecule has 1 aliphatic rings. The normalized spacial score (nSPS) is 13.8. The third-order valence-corrected chi connectivity index (χ3v) is 4.59. The average Bonchev–Trinajstić information content (AvgIpc) is 3.36. The maximum Gasteiger partial charge on any atom is 0.340 e. The standard InChI is InChI=1S/C21H19N3O4/c1-14-8-10-15(11-9-14)20-22-18(23-28-20)13-27-21(26)16-5-2-3-6-17(16)24-12-4-7-19(24)25/h2-3,5-6,8-11H,4,7,12-13H2,1H3. The van der Waals surface area contributed by atoms with Gasteiger partial charge in [0.25, 0.3) is 5.89 Å². The molecule has 3 aromatic rings. The number of rotatable bonds is 5. The van der Waals surface area contributed by atoms with Crippen LogP contribution in [0.25, 0.3) is 11.5 Å². The summed E-state index contributed by atoms with van der Waals surface area (Å²) < 4.78 is 10.6. The Morgan fingerprint density at radius 3 is 2.71 bits per heavy atom. The van der Waals surface area contributed by atoms with Gasteiger partial charge in [-0.3, -0.25) is 4.79 Å². The lowest BCUT2D eigenvalue weighted by Crippen LogP contribution is -2.26. The van der Waals surface area contributed by atoms with Crippen molar-refractivity contribution in [1.29, 1.82) is 0 Å². The zero-order valence-corrected chi connectivity index (χ0v) is 15.4. The van der Waals surface area contributed by atoms with Gasteiger partial charge in [-0.1, -0.05) is 35.0 Å². The number of hydrogen-bond donors (Lipinski definition) is 0. The molecule has 0 unspecified atom stereocenters. The molecule has 7 heteroatoms. The maximum atomic E-state index is 12.6. The number of carbonyl (C=O) groups excluding carboxylic acids is 2. The Balaban J connectivity index is 1.46. The Morgan fingerprint density at radius 2 is 1.96 bits per heavy atom. The molecule has 0 saturated carbocycles. The molecule has 1 amide bonds. The molecular formula is C21H19N3O4. The summed E-state index contributed by atoms with van der Waals surface area (Å²) in [7, 11) is 0. The van der Waals surface area contributed by atoms with Crippen molar-refractivity contribution in [1.82, 2.24) is 10.1 Å². The number of benzene rings is 2. The van der Waals surface area contributed by atoms with E-state index >= 15 is 0 Å². The zero-order valence-electron chi connectivity index (χ0n) is 15.4. The van der Waals surface area contributed by atoms with E-state index in [1.54, 1.807) is 29.2 Å². The summed E-state index contributed by atoms with van der Waals surface area (Å²) in [5.74, 6) is 0.130. The van der Waals surface area contributed by atoms with Crippen molar-refractivity contribution < 1.29 is 18.8 Å². The Labute approximate surface area is 161 Å². The third kappa shape index (κ3) is 3.64. The van der Waals surface area contributed by atoms with Crippen molar-refractivity contribution in [3.63, 3.8) is 0 Å². The van der Waals surface area contributed by atoms with Crippen LogP contribution in [0.4, 0.5) is 5.69 Å². The summed E-state index contributed by atoms with van der Waals surface area (Å²) in [4.78, 5) is 30.5. The van der Waals surface area contributed by atoms with Gasteiger partial charge >= 0.3 is 5.97 Å². The highest BCUT2D eigenvalue weighted by molar-refractivity contribution is 6.03. The summed E-state index contributed by atoms with van der Waals surface area (Å²) in [6.07, 6.45) is 1.28. The van der Waals surface area contributed by atoms with E-state index in [1.807, 2.05) is 31.2 Å². The van der Waals surface area contributed by atoms with Crippen LogP contribution in [0, 0.1) is 6.92 Å². The van der Waals surface area contributed by atoms with Crippen LogP contribution in [-0.4, -0.2) is 28.6 Å². The molecular weight excluding hydrogens is 358 g/mol. The summed E-state index contributed by atoms with van der Waals surface area (Å²) in [5, 5.41) is 3.86. The Kier molecular flexibility index (Phi) is 4.89. The topological polar surface area (TPSA) is 85.5 Å². The van der Waals surface area contributed by atoms with Crippen LogP contribution in [0.3, 0.4) is 0 Å². The largest absolute Gasteiger partial charge is 0.454 e. The lowest BCUT2D eigenvalue weighted by Gasteiger charge is -2.18. The second kappa shape index (κ2) is 7.64. The average molecular weight is 377 g/mol. The maximum absolute atomic E-state index is 12.6. The van der Waals surface area contributed by atoms with E-state index in [9.17, 15) is 9.59 Å². The molecule has 1 aromatic heterocycles. The fraction of sp³-hybridized carbons (Fsp3) is 0.238. The van der Waals surface area contributed by atoms with E-state index in [0.29, 0.717) is 30.1 Å². The quantitative estimate of drug-likeness (QED) is 0.632. The lowest BCUT2D eigenvalue weighted by atomic mass is 10.1. The summed E-state index contributed by atoms with van der Waals surface area (Å²) in [6, 6.07) is 14.6. The van der Waals surface area contributed by atoms with Gasteiger partial charge in [0, 0.05) is 18.5 Å². The lowest BCUT2D eigenvalue weighted by molar-refractivity contribution is -0.117. The van der Waals surface area contributed by atoms with Gasteiger partial charge in [-0.15, -0.1) is 0 Å². The number of carbonyl (C=O) groups is 2. The third-order valence-electron chi connectivity index (χ3n) is 4.59. The van der Waals surface area contributed by atoms with Crippen LogP contribution in [0.1, 0.15) is 34.6 Å². The molecule has 4 rings (SSSR count). The smallest absolute Gasteiger partial charge is 0.340 e. The Hall–Kier alpha value is -3.48. The van der Waals surface area contributed by atoms with Crippen LogP contribution in [-0.2, 0) is 16.1 Å². The van der Waals surface area contributed by atoms with Crippen molar-refractivity contribution in [2.75, 3.05) is 11.4 Å². The second-order valence-electron chi connectivity index (χ2n) is 6.62.